The van der Waals surface area contributed by atoms with E-state index in [1.165, 1.54) is 11.0 Å². The number of amides is 1. The van der Waals surface area contributed by atoms with Crippen LogP contribution in [-0.4, -0.2) is 43.7 Å². The lowest BCUT2D eigenvalue weighted by Crippen LogP contribution is -2.29. The first-order chi connectivity index (χ1) is 18.6. The molecule has 9 nitrogen and oxygen atoms in total. The van der Waals surface area contributed by atoms with E-state index in [2.05, 4.69) is 16.5 Å². The fourth-order valence-corrected chi connectivity index (χ4v) is 5.76. The van der Waals surface area contributed by atoms with E-state index in [0.717, 1.165) is 16.9 Å². The van der Waals surface area contributed by atoms with Crippen LogP contribution in [-0.2, 0) is 14.3 Å². The summed E-state index contributed by atoms with van der Waals surface area (Å²) in [6, 6.07) is 9.32. The Labute approximate surface area is 232 Å². The van der Waals surface area contributed by atoms with Crippen LogP contribution in [0, 0.1) is 20.8 Å². The van der Waals surface area contributed by atoms with Crippen molar-refractivity contribution < 1.29 is 24.2 Å². The number of ketones is 1. The Morgan fingerprint density at radius 3 is 2.67 bits per heavy atom. The number of ether oxygens (including phenoxy) is 1. The van der Waals surface area contributed by atoms with Crippen molar-refractivity contribution in [3.05, 3.63) is 98.9 Å². The van der Waals surface area contributed by atoms with Crippen molar-refractivity contribution in [3.63, 3.8) is 0 Å². The van der Waals surface area contributed by atoms with Crippen molar-refractivity contribution in [1.82, 2.24) is 14.4 Å². The molecular weight excluding hydrogens is 540 g/mol. The molecule has 5 rings (SSSR count). The quantitative estimate of drug-likeness (QED) is 0.111. The molecule has 1 aliphatic rings. The number of aliphatic hydroxyl groups is 1. The molecule has 1 saturated heterocycles. The van der Waals surface area contributed by atoms with Crippen molar-refractivity contribution >= 4 is 57.1 Å². The summed E-state index contributed by atoms with van der Waals surface area (Å²) in [5, 5.41) is 12.0. The molecule has 1 aliphatic heterocycles. The third-order valence-electron chi connectivity index (χ3n) is 6.43. The van der Waals surface area contributed by atoms with Crippen molar-refractivity contribution in [2.24, 2.45) is 0 Å². The number of rotatable bonds is 6. The van der Waals surface area contributed by atoms with Gasteiger partial charge in [-0.1, -0.05) is 53.8 Å². The SMILES string of the molecule is C=CCOC(=O)c1sc(N2C(=O)C(=O)/C(=C(/O)c3nc4c(C)cccn4c3C)C2c2cccc(Cl)c2)nc1C. The number of esters is 1. The topological polar surface area (TPSA) is 114 Å². The minimum absolute atomic E-state index is 0.0103. The molecule has 1 atom stereocenters. The van der Waals surface area contributed by atoms with Gasteiger partial charge in [0.1, 0.15) is 22.8 Å². The maximum atomic E-state index is 13.5. The summed E-state index contributed by atoms with van der Waals surface area (Å²) in [7, 11) is 0. The van der Waals surface area contributed by atoms with E-state index in [1.807, 2.05) is 19.1 Å². The van der Waals surface area contributed by atoms with Gasteiger partial charge in [0.15, 0.2) is 10.9 Å². The second-order valence-electron chi connectivity index (χ2n) is 8.95. The number of fused-ring (bicyclic) bond motifs is 1. The number of aryl methyl sites for hydroxylation is 3. The Kier molecular flexibility index (Phi) is 6.83. The molecule has 4 aromatic rings. The highest BCUT2D eigenvalue weighted by molar-refractivity contribution is 7.17. The van der Waals surface area contributed by atoms with Crippen molar-refractivity contribution in [3.8, 4) is 0 Å². The van der Waals surface area contributed by atoms with Gasteiger partial charge in [-0.2, -0.15) is 0 Å². The Balaban J connectivity index is 1.71. The summed E-state index contributed by atoms with van der Waals surface area (Å²) in [5.74, 6) is -2.85. The van der Waals surface area contributed by atoms with Crippen LogP contribution < -0.4 is 4.90 Å². The largest absolute Gasteiger partial charge is 0.505 e. The Bertz CT molecular complexity index is 1720. The van der Waals surface area contributed by atoms with Crippen molar-refractivity contribution in [2.45, 2.75) is 26.8 Å². The van der Waals surface area contributed by atoms with E-state index < -0.39 is 29.5 Å². The number of aliphatic hydroxyl groups excluding tert-OH is 1. The third kappa shape index (κ3) is 4.41. The van der Waals surface area contributed by atoms with Gasteiger partial charge in [0.05, 0.1) is 23.0 Å². The number of aromatic nitrogens is 3. The lowest BCUT2D eigenvalue weighted by atomic mass is 9.96. The van der Waals surface area contributed by atoms with E-state index in [0.29, 0.717) is 27.6 Å². The standard InChI is InChI=1S/C28H23ClN4O5S/c1-5-12-38-27(37)24-15(3)30-28(39-24)33-21(17-9-6-10-18(29)13-17)19(23(35)26(33)36)22(34)20-16(4)32-11-7-8-14(2)25(32)31-20/h5-11,13,21,34H,1,12H2,2-4H3/b22-19+. The van der Waals surface area contributed by atoms with Gasteiger partial charge in [-0.15, -0.1) is 0 Å². The minimum Gasteiger partial charge on any atom is -0.505 e. The first-order valence-electron chi connectivity index (χ1n) is 11.9. The average Bonchev–Trinajstić information content (AvgIpc) is 3.54. The highest BCUT2D eigenvalue weighted by Gasteiger charge is 2.49. The zero-order valence-electron chi connectivity index (χ0n) is 21.3. The van der Waals surface area contributed by atoms with Gasteiger partial charge in [-0.3, -0.25) is 14.5 Å². The molecule has 1 fully saturated rings. The van der Waals surface area contributed by atoms with Crippen LogP contribution in [0.3, 0.4) is 0 Å². The molecule has 11 heteroatoms. The fourth-order valence-electron chi connectivity index (χ4n) is 4.57. The molecule has 198 valence electrons. The zero-order chi connectivity index (χ0) is 28.0. The van der Waals surface area contributed by atoms with Crippen LogP contribution in [0.25, 0.3) is 11.4 Å². The van der Waals surface area contributed by atoms with E-state index in [4.69, 9.17) is 16.3 Å². The van der Waals surface area contributed by atoms with Gasteiger partial charge < -0.3 is 14.2 Å². The first-order valence-corrected chi connectivity index (χ1v) is 13.1. The van der Waals surface area contributed by atoms with Gasteiger partial charge in [0.25, 0.3) is 5.78 Å². The predicted molar refractivity (Wildman–Crippen MR) is 148 cm³/mol. The van der Waals surface area contributed by atoms with Gasteiger partial charge in [0, 0.05) is 11.2 Å². The molecule has 1 N–H and O–H groups in total. The number of carbonyl (C=O) groups is 3. The molecule has 0 aliphatic carbocycles. The predicted octanol–water partition coefficient (Wildman–Crippen LogP) is 5.34. The lowest BCUT2D eigenvalue weighted by Gasteiger charge is -2.23. The third-order valence-corrected chi connectivity index (χ3v) is 7.80. The summed E-state index contributed by atoms with van der Waals surface area (Å²) < 4.78 is 6.95. The Morgan fingerprint density at radius 1 is 1.21 bits per heavy atom. The number of halogens is 1. The number of benzene rings is 1. The molecule has 0 bridgehead atoms. The molecule has 4 heterocycles. The number of anilines is 1. The molecule has 0 spiro atoms. The molecular formula is C28H23ClN4O5S. The molecule has 1 unspecified atom stereocenters. The molecule has 3 aromatic heterocycles. The number of carbonyl (C=O) groups excluding carboxylic acids is 3. The summed E-state index contributed by atoms with van der Waals surface area (Å²) in [5.41, 5.74) is 2.92. The summed E-state index contributed by atoms with van der Waals surface area (Å²) in [6.07, 6.45) is 3.25. The van der Waals surface area contributed by atoms with E-state index >= 15 is 0 Å². The number of pyridine rings is 1. The van der Waals surface area contributed by atoms with Gasteiger partial charge in [-0.05, 0) is 50.1 Å². The average molecular weight is 563 g/mol. The monoisotopic (exact) mass is 562 g/mol. The second kappa shape index (κ2) is 10.1. The number of nitrogens with zero attached hydrogens (tertiary/aromatic N) is 4. The van der Waals surface area contributed by atoms with Crippen molar-refractivity contribution in [2.75, 3.05) is 11.5 Å². The first kappa shape index (κ1) is 26.3. The highest BCUT2D eigenvalue weighted by atomic mass is 35.5. The van der Waals surface area contributed by atoms with Crippen LogP contribution in [0.4, 0.5) is 5.13 Å². The molecule has 1 amide bonds. The number of hydrogen-bond acceptors (Lipinski definition) is 8. The fraction of sp³-hybridized carbons (Fsp3) is 0.179. The van der Waals surface area contributed by atoms with E-state index in [1.54, 1.807) is 48.7 Å². The minimum atomic E-state index is -1.07. The maximum Gasteiger partial charge on any atom is 0.350 e. The molecule has 0 radical (unpaired) electrons. The summed E-state index contributed by atoms with van der Waals surface area (Å²) in [4.78, 5) is 50.0. The molecule has 1 aromatic carbocycles. The van der Waals surface area contributed by atoms with Crippen LogP contribution in [0.2, 0.25) is 5.02 Å². The number of hydrogen-bond donors (Lipinski definition) is 1. The smallest absolute Gasteiger partial charge is 0.350 e. The molecule has 0 saturated carbocycles. The van der Waals surface area contributed by atoms with E-state index in [9.17, 15) is 19.5 Å². The van der Waals surface area contributed by atoms with Crippen LogP contribution >= 0.6 is 22.9 Å². The summed E-state index contributed by atoms with van der Waals surface area (Å²) >= 11 is 7.20. The Hall–Kier alpha value is -4.28. The number of imidazole rings is 1. The molecule has 39 heavy (non-hydrogen) atoms. The van der Waals surface area contributed by atoms with Crippen molar-refractivity contribution in [1.29, 1.82) is 0 Å². The van der Waals surface area contributed by atoms with Crippen LogP contribution in [0.15, 0.2) is 60.8 Å². The maximum absolute atomic E-state index is 13.5. The zero-order valence-corrected chi connectivity index (χ0v) is 22.8. The summed E-state index contributed by atoms with van der Waals surface area (Å²) in [6.45, 7) is 8.81. The van der Waals surface area contributed by atoms with Gasteiger partial charge >= 0.3 is 11.9 Å². The highest BCUT2D eigenvalue weighted by Crippen LogP contribution is 2.44. The van der Waals surface area contributed by atoms with Crippen LogP contribution in [0.5, 0.6) is 0 Å². The van der Waals surface area contributed by atoms with Crippen LogP contribution in [0.1, 0.15) is 43.9 Å². The van der Waals surface area contributed by atoms with E-state index in [-0.39, 0.29) is 27.9 Å². The van der Waals surface area contributed by atoms with Gasteiger partial charge in [0.2, 0.25) is 0 Å². The van der Waals surface area contributed by atoms with Gasteiger partial charge in [-0.25, -0.2) is 14.8 Å². The number of thiazole rings is 1. The second-order valence-corrected chi connectivity index (χ2v) is 10.4. The lowest BCUT2D eigenvalue weighted by molar-refractivity contribution is -0.132. The normalized spacial score (nSPS) is 16.7. The number of Topliss-reactive ketones (excluding diaryl/α,β-unsaturated/α-hetero) is 1. The Morgan fingerprint density at radius 2 is 1.97 bits per heavy atom.